The molecule has 0 aromatic heterocycles. The summed E-state index contributed by atoms with van der Waals surface area (Å²) in [5, 5.41) is 12.1. The third-order valence-corrected chi connectivity index (χ3v) is 3.35. The lowest BCUT2D eigenvalue weighted by Crippen LogP contribution is -2.54. The number of amides is 1. The molecule has 1 aromatic carbocycles. The Bertz CT molecular complexity index is 536. The van der Waals surface area contributed by atoms with E-state index in [0.717, 1.165) is 6.07 Å². The van der Waals surface area contributed by atoms with Gasteiger partial charge in [-0.15, -0.1) is 0 Å². The molecule has 1 amide bonds. The van der Waals surface area contributed by atoms with Gasteiger partial charge in [0.2, 0.25) is 5.91 Å². The average molecular weight is 281 g/mol. The molecule has 0 saturated carbocycles. The molecule has 1 saturated heterocycles. The summed E-state index contributed by atoms with van der Waals surface area (Å²) >= 11 is 0. The van der Waals surface area contributed by atoms with Gasteiger partial charge >= 0.3 is 5.97 Å². The lowest BCUT2D eigenvalue weighted by atomic mass is 10.1. The van der Waals surface area contributed by atoms with Crippen molar-refractivity contribution >= 4 is 11.9 Å². The summed E-state index contributed by atoms with van der Waals surface area (Å²) < 4.78 is 13.9. The molecule has 1 aromatic rings. The minimum Gasteiger partial charge on any atom is -0.480 e. The van der Waals surface area contributed by atoms with Gasteiger partial charge in [0.25, 0.3) is 0 Å². The number of hydrogen-bond acceptors (Lipinski definition) is 4. The fourth-order valence-electron chi connectivity index (χ4n) is 2.23. The molecular weight excluding hydrogens is 265 g/mol. The van der Waals surface area contributed by atoms with Crippen LogP contribution in [-0.2, 0) is 11.3 Å². The second-order valence-corrected chi connectivity index (χ2v) is 4.70. The van der Waals surface area contributed by atoms with E-state index in [2.05, 4.69) is 5.32 Å². The molecule has 0 bridgehead atoms. The van der Waals surface area contributed by atoms with Crippen LogP contribution in [-0.4, -0.2) is 47.6 Å². The first-order chi connectivity index (χ1) is 9.49. The van der Waals surface area contributed by atoms with Gasteiger partial charge in [0.1, 0.15) is 11.9 Å². The SMILES string of the molecule is NC(=O)c1ccc(CN2CCNCC2C(=O)O)c(F)c1. The van der Waals surface area contributed by atoms with Crippen molar-refractivity contribution in [1.29, 1.82) is 0 Å². The predicted molar refractivity (Wildman–Crippen MR) is 69.6 cm³/mol. The number of nitrogens with one attached hydrogen (secondary N) is 1. The molecule has 1 fully saturated rings. The Kier molecular flexibility index (Phi) is 4.31. The summed E-state index contributed by atoms with van der Waals surface area (Å²) in [6.45, 7) is 1.69. The molecule has 4 N–H and O–H groups in total. The normalized spacial score (nSPS) is 19.8. The fraction of sp³-hybridized carbons (Fsp3) is 0.385. The lowest BCUT2D eigenvalue weighted by Gasteiger charge is -2.33. The van der Waals surface area contributed by atoms with E-state index in [9.17, 15) is 14.0 Å². The standard InChI is InChI=1S/C13H16FN3O3/c14-10-5-8(12(15)18)1-2-9(10)7-17-4-3-16-6-11(17)13(19)20/h1-2,5,11,16H,3-4,6-7H2,(H2,15,18)(H,19,20). The van der Waals surface area contributed by atoms with Crippen LogP contribution in [0.4, 0.5) is 4.39 Å². The average Bonchev–Trinajstić information content (AvgIpc) is 2.41. The van der Waals surface area contributed by atoms with Crippen LogP contribution in [0.25, 0.3) is 0 Å². The van der Waals surface area contributed by atoms with Gasteiger partial charge < -0.3 is 16.2 Å². The number of carboxylic acids is 1. The molecule has 0 radical (unpaired) electrons. The van der Waals surface area contributed by atoms with Crippen LogP contribution in [0.2, 0.25) is 0 Å². The first kappa shape index (κ1) is 14.4. The van der Waals surface area contributed by atoms with E-state index < -0.39 is 23.7 Å². The summed E-state index contributed by atoms with van der Waals surface area (Å²) in [7, 11) is 0. The molecule has 1 unspecified atom stereocenters. The Morgan fingerprint density at radius 3 is 2.85 bits per heavy atom. The summed E-state index contributed by atoms with van der Waals surface area (Å²) in [5.41, 5.74) is 5.53. The van der Waals surface area contributed by atoms with Crippen LogP contribution in [0.15, 0.2) is 18.2 Å². The number of aliphatic carboxylic acids is 1. The Morgan fingerprint density at radius 1 is 1.50 bits per heavy atom. The fourth-order valence-corrected chi connectivity index (χ4v) is 2.23. The maximum Gasteiger partial charge on any atom is 0.322 e. The Balaban J connectivity index is 2.16. The van der Waals surface area contributed by atoms with Crippen molar-refractivity contribution in [2.45, 2.75) is 12.6 Å². The van der Waals surface area contributed by atoms with Gasteiger partial charge in [0.15, 0.2) is 0 Å². The van der Waals surface area contributed by atoms with Crippen LogP contribution in [0.5, 0.6) is 0 Å². The van der Waals surface area contributed by atoms with E-state index in [1.807, 2.05) is 0 Å². The van der Waals surface area contributed by atoms with Crippen LogP contribution >= 0.6 is 0 Å². The van der Waals surface area contributed by atoms with Crippen molar-refractivity contribution in [3.8, 4) is 0 Å². The number of carbonyl (C=O) groups excluding carboxylic acids is 1. The van der Waals surface area contributed by atoms with Crippen LogP contribution < -0.4 is 11.1 Å². The number of piperazine rings is 1. The number of hydrogen-bond donors (Lipinski definition) is 3. The molecule has 6 nitrogen and oxygen atoms in total. The third kappa shape index (κ3) is 3.12. The molecule has 1 heterocycles. The number of halogens is 1. The summed E-state index contributed by atoms with van der Waals surface area (Å²) in [5.74, 6) is -2.18. The molecule has 1 aliphatic heterocycles. The van der Waals surface area contributed by atoms with E-state index in [4.69, 9.17) is 10.8 Å². The topological polar surface area (TPSA) is 95.7 Å². The van der Waals surface area contributed by atoms with Crippen molar-refractivity contribution in [3.05, 3.63) is 35.1 Å². The largest absolute Gasteiger partial charge is 0.480 e. The highest BCUT2D eigenvalue weighted by Crippen LogP contribution is 2.15. The Labute approximate surface area is 115 Å². The van der Waals surface area contributed by atoms with Gasteiger partial charge in [-0.1, -0.05) is 6.07 Å². The van der Waals surface area contributed by atoms with Crippen LogP contribution in [0.3, 0.4) is 0 Å². The smallest absolute Gasteiger partial charge is 0.322 e. The van der Waals surface area contributed by atoms with Crippen molar-refractivity contribution < 1.29 is 19.1 Å². The minimum atomic E-state index is -0.939. The number of carbonyl (C=O) groups is 2. The van der Waals surface area contributed by atoms with E-state index in [1.54, 1.807) is 4.90 Å². The second kappa shape index (κ2) is 5.98. The zero-order valence-electron chi connectivity index (χ0n) is 10.8. The summed E-state index contributed by atoms with van der Waals surface area (Å²) in [4.78, 5) is 23.8. The molecule has 1 aliphatic rings. The third-order valence-electron chi connectivity index (χ3n) is 3.35. The van der Waals surface area contributed by atoms with Gasteiger partial charge in [0.05, 0.1) is 0 Å². The first-order valence-corrected chi connectivity index (χ1v) is 6.25. The minimum absolute atomic E-state index is 0.0985. The number of carboxylic acid groups (broad SMARTS) is 1. The van der Waals surface area contributed by atoms with E-state index >= 15 is 0 Å². The van der Waals surface area contributed by atoms with Gasteiger partial charge in [-0.05, 0) is 12.1 Å². The van der Waals surface area contributed by atoms with Crippen LogP contribution in [0, 0.1) is 5.82 Å². The zero-order chi connectivity index (χ0) is 14.7. The number of nitrogens with zero attached hydrogens (tertiary/aromatic N) is 1. The summed E-state index contributed by atoms with van der Waals surface area (Å²) in [6.07, 6.45) is 0. The number of benzene rings is 1. The molecule has 108 valence electrons. The Morgan fingerprint density at radius 2 is 2.25 bits per heavy atom. The highest BCUT2D eigenvalue weighted by atomic mass is 19.1. The lowest BCUT2D eigenvalue weighted by molar-refractivity contribution is -0.144. The summed E-state index contributed by atoms with van der Waals surface area (Å²) in [6, 6.07) is 3.31. The number of rotatable bonds is 4. The molecule has 0 aliphatic carbocycles. The van der Waals surface area contributed by atoms with Gasteiger partial charge in [-0.2, -0.15) is 0 Å². The van der Waals surface area contributed by atoms with E-state index in [0.29, 0.717) is 25.2 Å². The van der Waals surface area contributed by atoms with Gasteiger partial charge in [-0.3, -0.25) is 14.5 Å². The van der Waals surface area contributed by atoms with Crippen molar-refractivity contribution in [2.75, 3.05) is 19.6 Å². The molecule has 20 heavy (non-hydrogen) atoms. The molecule has 0 spiro atoms. The monoisotopic (exact) mass is 281 g/mol. The number of primary amides is 1. The maximum atomic E-state index is 13.9. The highest BCUT2D eigenvalue weighted by molar-refractivity contribution is 5.92. The second-order valence-electron chi connectivity index (χ2n) is 4.70. The van der Waals surface area contributed by atoms with Crippen LogP contribution in [0.1, 0.15) is 15.9 Å². The molecular formula is C13H16FN3O3. The number of nitrogens with two attached hydrogens (primary N) is 1. The predicted octanol–water partition coefficient (Wildman–Crippen LogP) is -0.217. The van der Waals surface area contributed by atoms with E-state index in [1.165, 1.54) is 12.1 Å². The molecule has 7 heteroatoms. The first-order valence-electron chi connectivity index (χ1n) is 6.25. The molecule has 2 rings (SSSR count). The van der Waals surface area contributed by atoms with Gasteiger partial charge in [0, 0.05) is 37.3 Å². The maximum absolute atomic E-state index is 13.9. The highest BCUT2D eigenvalue weighted by Gasteiger charge is 2.28. The quantitative estimate of drug-likeness (QED) is 0.709. The zero-order valence-corrected chi connectivity index (χ0v) is 10.8. The van der Waals surface area contributed by atoms with Crippen molar-refractivity contribution in [1.82, 2.24) is 10.2 Å². The van der Waals surface area contributed by atoms with Crippen molar-refractivity contribution in [2.24, 2.45) is 5.73 Å². The Hall–Kier alpha value is -1.99. The van der Waals surface area contributed by atoms with E-state index in [-0.39, 0.29) is 12.1 Å². The van der Waals surface area contributed by atoms with Crippen molar-refractivity contribution in [3.63, 3.8) is 0 Å². The molecule has 1 atom stereocenters. The van der Waals surface area contributed by atoms with Gasteiger partial charge in [-0.25, -0.2) is 4.39 Å².